The van der Waals surface area contributed by atoms with Gasteiger partial charge in [-0.1, -0.05) is 44.7 Å². The van der Waals surface area contributed by atoms with Crippen molar-refractivity contribution in [3.63, 3.8) is 0 Å². The van der Waals surface area contributed by atoms with Crippen LogP contribution in [0.4, 0.5) is 0 Å². The van der Waals surface area contributed by atoms with Gasteiger partial charge in [0.05, 0.1) is 11.0 Å². The van der Waals surface area contributed by atoms with E-state index in [1.165, 1.54) is 25.7 Å². The summed E-state index contributed by atoms with van der Waals surface area (Å²) in [6, 6.07) is 8.13. The van der Waals surface area contributed by atoms with Crippen molar-refractivity contribution in [2.75, 3.05) is 0 Å². The van der Waals surface area contributed by atoms with Gasteiger partial charge in [0.2, 0.25) is 0 Å². The van der Waals surface area contributed by atoms with Gasteiger partial charge in [-0.25, -0.2) is 4.98 Å². The van der Waals surface area contributed by atoms with Crippen molar-refractivity contribution in [2.45, 2.75) is 57.9 Å². The molecule has 0 saturated heterocycles. The molecule has 0 aliphatic rings. The Bertz CT molecular complexity index is 480. The lowest BCUT2D eigenvalue weighted by molar-refractivity contribution is 0.400. The van der Waals surface area contributed by atoms with Gasteiger partial charge in [0.1, 0.15) is 5.82 Å². The first kappa shape index (κ1) is 14.1. The zero-order valence-electron chi connectivity index (χ0n) is 12.1. The van der Waals surface area contributed by atoms with E-state index in [9.17, 15) is 0 Å². The fourth-order valence-electron chi connectivity index (χ4n) is 2.52. The maximum absolute atomic E-state index is 6.39. The summed E-state index contributed by atoms with van der Waals surface area (Å²) < 4.78 is 0. The smallest absolute Gasteiger partial charge is 0.109 e. The van der Waals surface area contributed by atoms with E-state index in [0.717, 1.165) is 29.7 Å². The average molecular weight is 259 g/mol. The van der Waals surface area contributed by atoms with Gasteiger partial charge in [-0.2, -0.15) is 0 Å². The summed E-state index contributed by atoms with van der Waals surface area (Å²) in [7, 11) is 0. The fraction of sp³-hybridized carbons (Fsp3) is 0.562. The quantitative estimate of drug-likeness (QED) is 0.743. The van der Waals surface area contributed by atoms with Crippen molar-refractivity contribution in [1.82, 2.24) is 9.97 Å². The maximum Gasteiger partial charge on any atom is 0.109 e. The Hall–Kier alpha value is -1.35. The van der Waals surface area contributed by atoms with Crippen LogP contribution in [0.25, 0.3) is 11.0 Å². The van der Waals surface area contributed by atoms with Gasteiger partial charge < -0.3 is 10.7 Å². The molecule has 0 fully saturated rings. The van der Waals surface area contributed by atoms with E-state index in [1.54, 1.807) is 0 Å². The van der Waals surface area contributed by atoms with Crippen LogP contribution in [-0.4, -0.2) is 15.5 Å². The predicted octanol–water partition coefficient (Wildman–Crippen LogP) is 3.79. The van der Waals surface area contributed by atoms with Crippen LogP contribution >= 0.6 is 0 Å². The molecule has 0 saturated carbocycles. The van der Waals surface area contributed by atoms with E-state index in [2.05, 4.69) is 29.9 Å². The lowest BCUT2D eigenvalue weighted by Gasteiger charge is -2.23. The fourth-order valence-corrected chi connectivity index (χ4v) is 2.52. The van der Waals surface area contributed by atoms with Gasteiger partial charge in [0.25, 0.3) is 0 Å². The lowest BCUT2D eigenvalue weighted by Crippen LogP contribution is -2.38. The number of hydrogen-bond donors (Lipinski definition) is 2. The number of unbranched alkanes of at least 4 members (excludes halogenated alkanes) is 3. The van der Waals surface area contributed by atoms with E-state index in [0.29, 0.717) is 0 Å². The van der Waals surface area contributed by atoms with Gasteiger partial charge in [-0.15, -0.1) is 0 Å². The number of nitrogens with one attached hydrogen (secondary N) is 1. The molecule has 3 heteroatoms. The van der Waals surface area contributed by atoms with Crippen molar-refractivity contribution in [1.29, 1.82) is 0 Å². The molecule has 104 valence electrons. The van der Waals surface area contributed by atoms with Crippen LogP contribution < -0.4 is 5.73 Å². The number of fused-ring (bicyclic) bond motifs is 1. The van der Waals surface area contributed by atoms with Crippen LogP contribution in [-0.2, 0) is 6.42 Å². The number of H-pyrrole nitrogens is 1. The number of para-hydroxylation sites is 2. The van der Waals surface area contributed by atoms with Crippen LogP contribution in [0.5, 0.6) is 0 Å². The number of imidazole rings is 1. The molecule has 1 aromatic heterocycles. The van der Waals surface area contributed by atoms with Crippen molar-refractivity contribution in [3.8, 4) is 0 Å². The number of hydrogen-bond acceptors (Lipinski definition) is 2. The Morgan fingerprint density at radius 1 is 1.21 bits per heavy atom. The molecule has 0 radical (unpaired) electrons. The number of rotatable bonds is 7. The van der Waals surface area contributed by atoms with E-state index in [4.69, 9.17) is 5.73 Å². The number of nitrogens with zero attached hydrogens (tertiary/aromatic N) is 1. The summed E-state index contributed by atoms with van der Waals surface area (Å²) in [6.07, 6.45) is 6.94. The number of aromatic nitrogens is 2. The van der Waals surface area contributed by atoms with Gasteiger partial charge in [-0.3, -0.25) is 0 Å². The maximum atomic E-state index is 6.39. The zero-order valence-corrected chi connectivity index (χ0v) is 12.1. The first-order valence-corrected chi connectivity index (χ1v) is 7.33. The monoisotopic (exact) mass is 259 g/mol. The van der Waals surface area contributed by atoms with Crippen LogP contribution in [0, 0.1) is 0 Å². The molecule has 1 aromatic carbocycles. The second-order valence-corrected chi connectivity index (χ2v) is 5.84. The first-order chi connectivity index (χ1) is 9.11. The standard InChI is InChI=1S/C16H25N3/c1-3-4-5-8-11-16(2,17)12-15-18-13-9-6-7-10-14(13)19-15/h6-7,9-10H,3-5,8,11-12,17H2,1-2H3,(H,18,19). The molecule has 1 heterocycles. The third kappa shape index (κ3) is 4.06. The van der Waals surface area contributed by atoms with Crippen molar-refractivity contribution in [3.05, 3.63) is 30.1 Å². The summed E-state index contributed by atoms with van der Waals surface area (Å²) in [5, 5.41) is 0. The minimum absolute atomic E-state index is 0.165. The third-order valence-electron chi connectivity index (χ3n) is 3.61. The second kappa shape index (κ2) is 6.20. The summed E-state index contributed by atoms with van der Waals surface area (Å²) in [4.78, 5) is 7.97. The van der Waals surface area contributed by atoms with E-state index >= 15 is 0 Å². The highest BCUT2D eigenvalue weighted by Crippen LogP contribution is 2.19. The van der Waals surface area contributed by atoms with E-state index in [-0.39, 0.29) is 5.54 Å². The molecule has 3 nitrogen and oxygen atoms in total. The Labute approximate surface area is 115 Å². The van der Waals surface area contributed by atoms with Crippen LogP contribution in [0.3, 0.4) is 0 Å². The minimum Gasteiger partial charge on any atom is -0.342 e. The summed E-state index contributed by atoms with van der Waals surface area (Å²) in [6.45, 7) is 4.36. The number of benzene rings is 1. The molecule has 1 unspecified atom stereocenters. The Morgan fingerprint density at radius 3 is 2.74 bits per heavy atom. The van der Waals surface area contributed by atoms with Crippen molar-refractivity contribution in [2.24, 2.45) is 5.73 Å². The van der Waals surface area contributed by atoms with Crippen LogP contribution in [0.2, 0.25) is 0 Å². The zero-order chi connectivity index (χ0) is 13.7. The molecule has 1 atom stereocenters. The molecule has 0 amide bonds. The molecule has 2 rings (SSSR count). The molecule has 19 heavy (non-hydrogen) atoms. The highest BCUT2D eigenvalue weighted by Gasteiger charge is 2.20. The Balaban J connectivity index is 1.94. The van der Waals surface area contributed by atoms with E-state index < -0.39 is 0 Å². The SMILES string of the molecule is CCCCCCC(C)(N)Cc1nc2ccccc2[nH]1. The highest BCUT2D eigenvalue weighted by molar-refractivity contribution is 5.74. The molecule has 0 aliphatic carbocycles. The molecular weight excluding hydrogens is 234 g/mol. The lowest BCUT2D eigenvalue weighted by atomic mass is 9.91. The van der Waals surface area contributed by atoms with Crippen LogP contribution in [0.1, 0.15) is 51.8 Å². The molecule has 0 aliphatic heterocycles. The summed E-state index contributed by atoms with van der Waals surface area (Å²) in [5.74, 6) is 1.00. The molecule has 0 spiro atoms. The predicted molar refractivity (Wildman–Crippen MR) is 81.1 cm³/mol. The normalized spacial score (nSPS) is 14.7. The number of aromatic amines is 1. The van der Waals surface area contributed by atoms with Gasteiger partial charge in [0.15, 0.2) is 0 Å². The second-order valence-electron chi connectivity index (χ2n) is 5.84. The van der Waals surface area contributed by atoms with Gasteiger partial charge in [0, 0.05) is 12.0 Å². The molecule has 0 bridgehead atoms. The topological polar surface area (TPSA) is 54.7 Å². The van der Waals surface area contributed by atoms with Crippen LogP contribution in [0.15, 0.2) is 24.3 Å². The van der Waals surface area contributed by atoms with Gasteiger partial charge >= 0.3 is 0 Å². The van der Waals surface area contributed by atoms with Crippen molar-refractivity contribution < 1.29 is 0 Å². The summed E-state index contributed by atoms with van der Waals surface area (Å²) in [5.41, 5.74) is 8.35. The third-order valence-corrected chi connectivity index (χ3v) is 3.61. The molecular formula is C16H25N3. The summed E-state index contributed by atoms with van der Waals surface area (Å²) >= 11 is 0. The number of nitrogens with two attached hydrogens (primary N) is 1. The molecule has 2 aromatic rings. The Morgan fingerprint density at radius 2 is 2.00 bits per heavy atom. The first-order valence-electron chi connectivity index (χ1n) is 7.33. The molecule has 3 N–H and O–H groups in total. The largest absolute Gasteiger partial charge is 0.342 e. The minimum atomic E-state index is -0.165. The van der Waals surface area contributed by atoms with Gasteiger partial charge in [-0.05, 0) is 25.5 Å². The van der Waals surface area contributed by atoms with E-state index in [1.807, 2.05) is 18.2 Å². The highest BCUT2D eigenvalue weighted by atomic mass is 14.9. The van der Waals surface area contributed by atoms with Crippen molar-refractivity contribution >= 4 is 11.0 Å². The Kier molecular flexibility index (Phi) is 4.59. The average Bonchev–Trinajstić information content (AvgIpc) is 2.75.